The van der Waals surface area contributed by atoms with Crippen molar-refractivity contribution in [2.24, 2.45) is 5.92 Å². The van der Waals surface area contributed by atoms with Gasteiger partial charge in [0.15, 0.2) is 5.76 Å². The maximum Gasteiger partial charge on any atom is 0.286 e. The van der Waals surface area contributed by atoms with Gasteiger partial charge in [-0.15, -0.1) is 0 Å². The maximum absolute atomic E-state index is 12.6. The molecule has 0 unspecified atom stereocenters. The lowest BCUT2D eigenvalue weighted by Crippen LogP contribution is -2.34. The van der Waals surface area contributed by atoms with E-state index in [0.717, 1.165) is 16.5 Å². The third-order valence-corrected chi connectivity index (χ3v) is 5.21. The number of aliphatic hydroxyl groups excluding tert-OH is 1. The number of furan rings is 1. The summed E-state index contributed by atoms with van der Waals surface area (Å²) in [6.07, 6.45) is 5.97. The van der Waals surface area contributed by atoms with Crippen molar-refractivity contribution in [1.82, 2.24) is 5.32 Å². The van der Waals surface area contributed by atoms with Crippen molar-refractivity contribution in [2.45, 2.75) is 31.5 Å². The highest BCUT2D eigenvalue weighted by Crippen LogP contribution is 2.36. The molecule has 1 saturated carbocycles. The first-order valence-corrected chi connectivity index (χ1v) is 10.2. The summed E-state index contributed by atoms with van der Waals surface area (Å²) in [4.78, 5) is 12.6. The van der Waals surface area contributed by atoms with Crippen molar-refractivity contribution >= 4 is 16.9 Å². The van der Waals surface area contributed by atoms with E-state index in [2.05, 4.69) is 5.32 Å². The van der Waals surface area contributed by atoms with E-state index in [-0.39, 0.29) is 30.8 Å². The smallest absolute Gasteiger partial charge is 0.286 e. The monoisotopic (exact) mass is 401 g/mol. The molecule has 0 bridgehead atoms. The number of rotatable bonds is 10. The topological polar surface area (TPSA) is 90.2 Å². The molecule has 7 nitrogen and oxygen atoms in total. The van der Waals surface area contributed by atoms with Crippen LogP contribution in [-0.4, -0.2) is 50.3 Å². The number of para-hydroxylation sites is 1. The summed E-state index contributed by atoms with van der Waals surface area (Å²) < 4.78 is 22.6. The van der Waals surface area contributed by atoms with Gasteiger partial charge in [0.25, 0.3) is 5.91 Å². The molecule has 2 N–H and O–H groups in total. The zero-order valence-corrected chi connectivity index (χ0v) is 16.3. The average molecular weight is 401 g/mol. The van der Waals surface area contributed by atoms with Crippen LogP contribution in [0.3, 0.4) is 0 Å². The second-order valence-electron chi connectivity index (χ2n) is 7.47. The number of aliphatic hydroxyl groups is 1. The van der Waals surface area contributed by atoms with Crippen molar-refractivity contribution in [3.05, 3.63) is 47.9 Å². The van der Waals surface area contributed by atoms with E-state index < -0.39 is 6.29 Å². The van der Waals surface area contributed by atoms with Crippen LogP contribution in [0, 0.1) is 5.92 Å². The fraction of sp³-hybridized carbons (Fsp3) is 0.500. The number of amides is 1. The molecule has 2 aromatic rings. The summed E-state index contributed by atoms with van der Waals surface area (Å²) >= 11 is 0. The quantitative estimate of drug-likeness (QED) is 0.595. The highest BCUT2D eigenvalue weighted by Gasteiger charge is 2.31. The maximum atomic E-state index is 12.6. The molecule has 1 aliphatic carbocycles. The fourth-order valence-electron chi connectivity index (χ4n) is 3.47. The van der Waals surface area contributed by atoms with Crippen LogP contribution in [0.4, 0.5) is 0 Å². The second-order valence-corrected chi connectivity index (χ2v) is 7.47. The largest absolute Gasteiger partial charge is 0.464 e. The molecule has 2 atom stereocenters. The lowest BCUT2D eigenvalue weighted by molar-refractivity contribution is -0.151. The van der Waals surface area contributed by atoms with Gasteiger partial charge < -0.3 is 29.1 Å². The van der Waals surface area contributed by atoms with Crippen LogP contribution in [0.5, 0.6) is 0 Å². The third-order valence-electron chi connectivity index (χ3n) is 5.21. The lowest BCUT2D eigenvalue weighted by Gasteiger charge is -2.29. The molecule has 0 saturated heterocycles. The first kappa shape index (κ1) is 19.9. The number of carbonyl (C=O) groups is 1. The number of nitrogens with one attached hydrogen (secondary N) is 1. The Labute approximate surface area is 169 Å². The molecule has 2 aliphatic rings. The number of ether oxygens (including phenoxy) is 3. The van der Waals surface area contributed by atoms with E-state index in [1.165, 1.54) is 12.8 Å². The highest BCUT2D eigenvalue weighted by atomic mass is 16.7. The normalized spacial score (nSPS) is 21.6. The van der Waals surface area contributed by atoms with Crippen LogP contribution in [0.1, 0.15) is 30.7 Å². The van der Waals surface area contributed by atoms with Gasteiger partial charge in [-0.1, -0.05) is 18.2 Å². The molecule has 1 aromatic carbocycles. The SMILES string of the molecule is O=C(NCC1CC1)C1=C[C@@H](c2coc3ccccc23)C[C@@H](OCCOCCO)O1. The van der Waals surface area contributed by atoms with Crippen LogP contribution in [0.25, 0.3) is 11.0 Å². The Morgan fingerprint density at radius 2 is 2.07 bits per heavy atom. The first-order valence-electron chi connectivity index (χ1n) is 10.2. The molecule has 0 radical (unpaired) electrons. The minimum absolute atomic E-state index is 0.0242. The predicted octanol–water partition coefficient (Wildman–Crippen LogP) is 2.70. The average Bonchev–Trinajstić information content (AvgIpc) is 3.48. The van der Waals surface area contributed by atoms with Gasteiger partial charge >= 0.3 is 0 Å². The second kappa shape index (κ2) is 9.43. The Morgan fingerprint density at radius 3 is 2.90 bits per heavy atom. The van der Waals surface area contributed by atoms with Crippen molar-refractivity contribution in [1.29, 1.82) is 0 Å². The molecule has 29 heavy (non-hydrogen) atoms. The van der Waals surface area contributed by atoms with Crippen LogP contribution in [0.15, 0.2) is 46.8 Å². The zero-order chi connectivity index (χ0) is 20.1. The molecule has 1 aliphatic heterocycles. The predicted molar refractivity (Wildman–Crippen MR) is 106 cm³/mol. The van der Waals surface area contributed by atoms with Gasteiger partial charge in [0.2, 0.25) is 6.29 Å². The zero-order valence-electron chi connectivity index (χ0n) is 16.3. The Morgan fingerprint density at radius 1 is 1.21 bits per heavy atom. The molecule has 1 aromatic heterocycles. The Hall–Kier alpha value is -2.35. The van der Waals surface area contributed by atoms with E-state index >= 15 is 0 Å². The van der Waals surface area contributed by atoms with Gasteiger partial charge in [0.05, 0.1) is 32.7 Å². The summed E-state index contributed by atoms with van der Waals surface area (Å²) in [7, 11) is 0. The lowest BCUT2D eigenvalue weighted by atomic mass is 9.92. The molecule has 1 amide bonds. The number of benzene rings is 1. The fourth-order valence-corrected chi connectivity index (χ4v) is 3.47. The van der Waals surface area contributed by atoms with E-state index in [1.54, 1.807) is 6.26 Å². The molecule has 0 spiro atoms. The number of allylic oxidation sites excluding steroid dienone is 1. The summed E-state index contributed by atoms with van der Waals surface area (Å²) in [6.45, 7) is 1.60. The van der Waals surface area contributed by atoms with Gasteiger partial charge in [0, 0.05) is 29.8 Å². The molecular formula is C22H27NO6. The van der Waals surface area contributed by atoms with Crippen LogP contribution in [0.2, 0.25) is 0 Å². The van der Waals surface area contributed by atoms with Crippen molar-refractivity contribution < 1.29 is 28.5 Å². The van der Waals surface area contributed by atoms with Crippen molar-refractivity contribution in [3.63, 3.8) is 0 Å². The molecule has 156 valence electrons. The Bertz CT molecular complexity index is 856. The number of fused-ring (bicyclic) bond motifs is 1. The summed E-state index contributed by atoms with van der Waals surface area (Å²) in [5.41, 5.74) is 1.83. The molecule has 1 fully saturated rings. The van der Waals surface area contributed by atoms with Crippen LogP contribution in [-0.2, 0) is 19.0 Å². The minimum Gasteiger partial charge on any atom is -0.464 e. The van der Waals surface area contributed by atoms with Gasteiger partial charge in [-0.05, 0) is 30.9 Å². The van der Waals surface area contributed by atoms with E-state index in [0.29, 0.717) is 32.1 Å². The van der Waals surface area contributed by atoms with E-state index in [9.17, 15) is 4.79 Å². The standard InChI is InChI=1S/C22H27NO6/c24-7-8-26-9-10-27-21-12-16(18-14-28-19-4-2-1-3-17(18)19)11-20(29-21)22(25)23-13-15-5-6-15/h1-4,11,14-16,21,24H,5-10,12-13H2,(H,23,25)/t16-,21+/m1/s1. The Balaban J connectivity index is 1.48. The molecular weight excluding hydrogens is 374 g/mol. The van der Waals surface area contributed by atoms with Crippen LogP contribution < -0.4 is 5.32 Å². The van der Waals surface area contributed by atoms with Gasteiger partial charge in [-0.25, -0.2) is 0 Å². The van der Waals surface area contributed by atoms with Crippen LogP contribution >= 0.6 is 0 Å². The summed E-state index contributed by atoms with van der Waals surface area (Å²) in [6, 6.07) is 7.85. The third kappa shape index (κ3) is 5.18. The van der Waals surface area contributed by atoms with E-state index in [4.69, 9.17) is 23.7 Å². The van der Waals surface area contributed by atoms with Crippen molar-refractivity contribution in [3.8, 4) is 0 Å². The van der Waals surface area contributed by atoms with Crippen molar-refractivity contribution in [2.75, 3.05) is 33.0 Å². The van der Waals surface area contributed by atoms with Gasteiger partial charge in [-0.2, -0.15) is 0 Å². The van der Waals surface area contributed by atoms with Gasteiger partial charge in [-0.3, -0.25) is 4.79 Å². The molecule has 7 heteroatoms. The van der Waals surface area contributed by atoms with Gasteiger partial charge in [0.1, 0.15) is 5.58 Å². The summed E-state index contributed by atoms with van der Waals surface area (Å²) in [5.74, 6) is 0.609. The summed E-state index contributed by atoms with van der Waals surface area (Å²) in [5, 5.41) is 12.8. The Kier molecular flexibility index (Phi) is 6.49. The molecule has 4 rings (SSSR count). The highest BCUT2D eigenvalue weighted by molar-refractivity contribution is 5.92. The number of hydrogen-bond donors (Lipinski definition) is 2. The van der Waals surface area contributed by atoms with E-state index in [1.807, 2.05) is 30.3 Å². The molecule has 2 heterocycles. The first-order chi connectivity index (χ1) is 14.2. The minimum atomic E-state index is -0.557. The number of hydrogen-bond acceptors (Lipinski definition) is 6. The number of carbonyl (C=O) groups excluding carboxylic acids is 1.